The minimum atomic E-state index is -0.0766. The van der Waals surface area contributed by atoms with Crippen molar-refractivity contribution in [3.8, 4) is 0 Å². The van der Waals surface area contributed by atoms with Gasteiger partial charge in [-0.15, -0.1) is 12.4 Å². The normalized spacial score (nSPS) is 27.1. The van der Waals surface area contributed by atoms with Crippen LogP contribution in [-0.4, -0.2) is 34.7 Å². The van der Waals surface area contributed by atoms with Crippen LogP contribution in [0.3, 0.4) is 0 Å². The lowest BCUT2D eigenvalue weighted by Gasteiger charge is -2.35. The lowest BCUT2D eigenvalue weighted by atomic mass is 9.89. The first-order valence-corrected chi connectivity index (χ1v) is 5.99. The van der Waals surface area contributed by atoms with Crippen molar-refractivity contribution in [3.63, 3.8) is 0 Å². The number of piperidine rings is 1. The molecule has 3 unspecified atom stereocenters. The van der Waals surface area contributed by atoms with Gasteiger partial charge in [0.1, 0.15) is 0 Å². The highest BCUT2D eigenvalue weighted by atomic mass is 35.5. The van der Waals surface area contributed by atoms with E-state index < -0.39 is 0 Å². The number of rotatable bonds is 2. The van der Waals surface area contributed by atoms with E-state index in [1.165, 1.54) is 12.4 Å². The van der Waals surface area contributed by atoms with Gasteiger partial charge in [-0.2, -0.15) is 10.2 Å². The number of hydrogen-bond acceptors (Lipinski definition) is 4. The van der Waals surface area contributed by atoms with E-state index in [1.807, 2.05) is 0 Å². The van der Waals surface area contributed by atoms with E-state index in [9.17, 15) is 4.79 Å². The summed E-state index contributed by atoms with van der Waals surface area (Å²) in [5.41, 5.74) is 0.560. The van der Waals surface area contributed by atoms with Crippen LogP contribution in [-0.2, 0) is 0 Å². The van der Waals surface area contributed by atoms with Crippen molar-refractivity contribution >= 4 is 18.3 Å². The van der Waals surface area contributed by atoms with Crippen LogP contribution in [0.25, 0.3) is 0 Å². The van der Waals surface area contributed by atoms with Crippen molar-refractivity contribution in [1.29, 1.82) is 0 Å². The maximum Gasteiger partial charge on any atom is 0.253 e. The van der Waals surface area contributed by atoms with Crippen molar-refractivity contribution in [2.45, 2.75) is 32.4 Å². The maximum atomic E-state index is 12.0. The Morgan fingerprint density at radius 1 is 1.44 bits per heavy atom. The largest absolute Gasteiger partial charge is 0.347 e. The molecule has 0 saturated carbocycles. The predicted molar refractivity (Wildman–Crippen MR) is 71.8 cm³/mol. The van der Waals surface area contributed by atoms with Gasteiger partial charge in [-0.3, -0.25) is 4.79 Å². The molecule has 0 radical (unpaired) electrons. The van der Waals surface area contributed by atoms with E-state index in [1.54, 1.807) is 6.07 Å². The summed E-state index contributed by atoms with van der Waals surface area (Å²) in [5, 5.41) is 13.8. The number of carbonyl (C=O) groups excluding carboxylic acids is 1. The second-order valence-electron chi connectivity index (χ2n) is 4.64. The molecule has 1 aliphatic heterocycles. The lowest BCUT2D eigenvalue weighted by Crippen LogP contribution is -2.55. The summed E-state index contributed by atoms with van der Waals surface area (Å²) in [6.07, 6.45) is 4.10. The zero-order valence-electron chi connectivity index (χ0n) is 10.6. The van der Waals surface area contributed by atoms with E-state index in [-0.39, 0.29) is 24.4 Å². The Kier molecular flexibility index (Phi) is 5.50. The number of nitrogens with zero attached hydrogens (tertiary/aromatic N) is 2. The fourth-order valence-electron chi connectivity index (χ4n) is 2.26. The molecule has 18 heavy (non-hydrogen) atoms. The summed E-state index contributed by atoms with van der Waals surface area (Å²) in [6, 6.07) is 2.15. The predicted octanol–water partition coefficient (Wildman–Crippen LogP) is 1.01. The number of nitrogens with one attached hydrogen (secondary N) is 2. The lowest BCUT2D eigenvalue weighted by molar-refractivity contribution is 0.0897. The first kappa shape index (κ1) is 14.9. The second kappa shape index (κ2) is 6.66. The summed E-state index contributed by atoms with van der Waals surface area (Å²) < 4.78 is 0. The van der Waals surface area contributed by atoms with Gasteiger partial charge in [0.2, 0.25) is 0 Å². The molecular formula is C12H19ClN4O. The molecule has 6 heteroatoms. The van der Waals surface area contributed by atoms with Gasteiger partial charge in [-0.1, -0.05) is 6.92 Å². The number of carbonyl (C=O) groups is 1. The summed E-state index contributed by atoms with van der Waals surface area (Å²) in [5.74, 6) is 0.414. The van der Waals surface area contributed by atoms with Crippen LogP contribution in [0.4, 0.5) is 0 Å². The zero-order valence-corrected chi connectivity index (χ0v) is 11.4. The highest BCUT2D eigenvalue weighted by Gasteiger charge is 2.28. The molecule has 1 aromatic rings. The summed E-state index contributed by atoms with van der Waals surface area (Å²) in [6.45, 7) is 5.30. The van der Waals surface area contributed by atoms with E-state index in [4.69, 9.17) is 0 Å². The van der Waals surface area contributed by atoms with Gasteiger partial charge in [0.15, 0.2) is 0 Å². The molecule has 2 rings (SSSR count). The molecule has 0 aliphatic carbocycles. The van der Waals surface area contributed by atoms with Gasteiger partial charge in [-0.25, -0.2) is 0 Å². The third kappa shape index (κ3) is 3.40. The number of amides is 1. The number of halogens is 1. The molecule has 1 amide bonds. The van der Waals surface area contributed by atoms with Crippen LogP contribution >= 0.6 is 12.4 Å². The van der Waals surface area contributed by atoms with Gasteiger partial charge >= 0.3 is 0 Å². The molecule has 0 aromatic carbocycles. The molecule has 1 aliphatic rings. The van der Waals surface area contributed by atoms with Crippen molar-refractivity contribution in [2.75, 3.05) is 6.54 Å². The standard InChI is InChI=1S/C12H18N4O.ClH/c1-8-3-5-13-9(2)11(8)16-12(17)10-4-6-14-15-7-10;/h4,6-9,11,13H,3,5H2,1-2H3,(H,16,17);1H. The SMILES string of the molecule is CC1CCNC(C)C1NC(=O)c1ccnnc1.Cl. The highest BCUT2D eigenvalue weighted by Crippen LogP contribution is 2.16. The fourth-order valence-corrected chi connectivity index (χ4v) is 2.26. The first-order chi connectivity index (χ1) is 8.18. The third-order valence-electron chi connectivity index (χ3n) is 3.36. The molecule has 1 fully saturated rings. The summed E-state index contributed by atoms with van der Waals surface area (Å²) >= 11 is 0. The molecule has 0 spiro atoms. The number of aromatic nitrogens is 2. The zero-order chi connectivity index (χ0) is 12.3. The summed E-state index contributed by atoms with van der Waals surface area (Å²) in [7, 11) is 0. The molecule has 2 N–H and O–H groups in total. The van der Waals surface area contributed by atoms with E-state index in [0.29, 0.717) is 17.5 Å². The van der Waals surface area contributed by atoms with Crippen molar-refractivity contribution in [1.82, 2.24) is 20.8 Å². The van der Waals surface area contributed by atoms with Crippen molar-refractivity contribution in [2.24, 2.45) is 5.92 Å². The molecular weight excluding hydrogens is 252 g/mol. The van der Waals surface area contributed by atoms with Crippen LogP contribution in [0.5, 0.6) is 0 Å². The average Bonchev–Trinajstić information content (AvgIpc) is 2.35. The molecule has 1 aromatic heterocycles. The Hall–Kier alpha value is -1.20. The molecule has 1 saturated heterocycles. The van der Waals surface area contributed by atoms with Crippen LogP contribution < -0.4 is 10.6 Å². The van der Waals surface area contributed by atoms with Gasteiger partial charge in [0.25, 0.3) is 5.91 Å². The molecule has 100 valence electrons. The van der Waals surface area contributed by atoms with Crippen LogP contribution in [0, 0.1) is 5.92 Å². The number of hydrogen-bond donors (Lipinski definition) is 2. The topological polar surface area (TPSA) is 66.9 Å². The van der Waals surface area contributed by atoms with Crippen molar-refractivity contribution < 1.29 is 4.79 Å². The Morgan fingerprint density at radius 3 is 2.83 bits per heavy atom. The Labute approximate surface area is 113 Å². The fraction of sp³-hybridized carbons (Fsp3) is 0.583. The van der Waals surface area contributed by atoms with Crippen LogP contribution in [0.2, 0.25) is 0 Å². The molecule has 0 bridgehead atoms. The highest BCUT2D eigenvalue weighted by molar-refractivity contribution is 5.94. The van der Waals surface area contributed by atoms with Crippen molar-refractivity contribution in [3.05, 3.63) is 24.0 Å². The van der Waals surface area contributed by atoms with Gasteiger partial charge in [-0.05, 0) is 31.9 Å². The average molecular weight is 271 g/mol. The van der Waals surface area contributed by atoms with E-state index in [2.05, 4.69) is 34.7 Å². The molecule has 3 atom stereocenters. The Balaban J connectivity index is 0.00000162. The smallest absolute Gasteiger partial charge is 0.253 e. The molecule has 2 heterocycles. The third-order valence-corrected chi connectivity index (χ3v) is 3.36. The molecule has 5 nitrogen and oxygen atoms in total. The maximum absolute atomic E-state index is 12.0. The van der Waals surface area contributed by atoms with Crippen LogP contribution in [0.15, 0.2) is 18.5 Å². The van der Waals surface area contributed by atoms with Gasteiger partial charge in [0, 0.05) is 12.1 Å². The van der Waals surface area contributed by atoms with Crippen LogP contribution in [0.1, 0.15) is 30.6 Å². The first-order valence-electron chi connectivity index (χ1n) is 5.99. The minimum Gasteiger partial charge on any atom is -0.347 e. The summed E-state index contributed by atoms with van der Waals surface area (Å²) in [4.78, 5) is 12.0. The second-order valence-corrected chi connectivity index (χ2v) is 4.64. The van der Waals surface area contributed by atoms with E-state index >= 15 is 0 Å². The minimum absolute atomic E-state index is 0. The van der Waals surface area contributed by atoms with Gasteiger partial charge < -0.3 is 10.6 Å². The van der Waals surface area contributed by atoms with E-state index in [0.717, 1.165) is 13.0 Å². The Bertz CT molecular complexity index is 377. The monoisotopic (exact) mass is 270 g/mol. The Morgan fingerprint density at radius 2 is 2.22 bits per heavy atom. The quantitative estimate of drug-likeness (QED) is 0.842. The van der Waals surface area contributed by atoms with Gasteiger partial charge in [0.05, 0.1) is 18.0 Å².